The molecule has 0 spiro atoms. The third kappa shape index (κ3) is 5.54. The van der Waals surface area contributed by atoms with Crippen molar-refractivity contribution in [1.29, 1.82) is 5.26 Å². The number of hydrogen-bond acceptors (Lipinski definition) is 3. The number of benzene rings is 1. The molecule has 4 nitrogen and oxygen atoms in total. The highest BCUT2D eigenvalue weighted by molar-refractivity contribution is 5.90. The zero-order valence-electron chi connectivity index (χ0n) is 11.5. The second-order valence-corrected chi connectivity index (χ2v) is 5.17. The first kappa shape index (κ1) is 15.2. The van der Waals surface area contributed by atoms with Crippen LogP contribution >= 0.6 is 0 Å². The van der Waals surface area contributed by atoms with Gasteiger partial charge >= 0.3 is 0 Å². The molecule has 19 heavy (non-hydrogen) atoms. The molecule has 1 rings (SSSR count). The Balaban J connectivity index is 2.51. The van der Waals surface area contributed by atoms with Crippen molar-refractivity contribution in [2.24, 2.45) is 17.6 Å². The standard InChI is InChI=1S/C15H21N3O/c1-11(2)7-13(10-17)8-15(19)18-14-5-3-12(9-16)4-6-14/h3-6,11,13H,7-8,10,17H2,1-2H3,(H,18,19). The molecule has 1 aromatic rings. The summed E-state index contributed by atoms with van der Waals surface area (Å²) in [5.41, 5.74) is 6.98. The van der Waals surface area contributed by atoms with Crippen LogP contribution in [0.3, 0.4) is 0 Å². The van der Waals surface area contributed by atoms with Crippen molar-refractivity contribution in [2.45, 2.75) is 26.7 Å². The lowest BCUT2D eigenvalue weighted by molar-refractivity contribution is -0.117. The number of amides is 1. The van der Waals surface area contributed by atoms with Crippen LogP contribution in [0.15, 0.2) is 24.3 Å². The third-order valence-corrected chi connectivity index (χ3v) is 2.91. The molecule has 0 aliphatic carbocycles. The maximum absolute atomic E-state index is 11.9. The number of nitrogens with zero attached hydrogens (tertiary/aromatic N) is 1. The molecule has 1 amide bonds. The lowest BCUT2D eigenvalue weighted by Gasteiger charge is -2.16. The Morgan fingerprint density at radius 1 is 1.37 bits per heavy atom. The average molecular weight is 259 g/mol. The van der Waals surface area contributed by atoms with Gasteiger partial charge in [-0.05, 0) is 49.1 Å². The first-order valence-corrected chi connectivity index (χ1v) is 6.55. The number of nitrogens with two attached hydrogens (primary N) is 1. The van der Waals surface area contributed by atoms with Crippen molar-refractivity contribution in [3.05, 3.63) is 29.8 Å². The van der Waals surface area contributed by atoms with Gasteiger partial charge in [-0.3, -0.25) is 4.79 Å². The Bertz CT molecular complexity index is 445. The van der Waals surface area contributed by atoms with Crippen LogP contribution in [0, 0.1) is 23.2 Å². The summed E-state index contributed by atoms with van der Waals surface area (Å²) in [7, 11) is 0. The lowest BCUT2D eigenvalue weighted by Crippen LogP contribution is -2.23. The van der Waals surface area contributed by atoms with Gasteiger partial charge < -0.3 is 11.1 Å². The molecular weight excluding hydrogens is 238 g/mol. The maximum Gasteiger partial charge on any atom is 0.224 e. The van der Waals surface area contributed by atoms with Crippen molar-refractivity contribution in [1.82, 2.24) is 0 Å². The van der Waals surface area contributed by atoms with Gasteiger partial charge in [-0.15, -0.1) is 0 Å². The van der Waals surface area contributed by atoms with E-state index in [-0.39, 0.29) is 11.8 Å². The number of nitrogens with one attached hydrogen (secondary N) is 1. The van der Waals surface area contributed by atoms with Crippen LogP contribution in [0.4, 0.5) is 5.69 Å². The number of carbonyl (C=O) groups is 1. The van der Waals surface area contributed by atoms with Crippen LogP contribution in [-0.4, -0.2) is 12.5 Å². The molecule has 0 bridgehead atoms. The molecule has 0 aromatic heterocycles. The van der Waals surface area contributed by atoms with Gasteiger partial charge in [0.25, 0.3) is 0 Å². The highest BCUT2D eigenvalue weighted by atomic mass is 16.1. The van der Waals surface area contributed by atoms with E-state index in [2.05, 4.69) is 19.2 Å². The van der Waals surface area contributed by atoms with E-state index in [9.17, 15) is 4.79 Å². The lowest BCUT2D eigenvalue weighted by atomic mass is 9.94. The molecule has 0 saturated carbocycles. The minimum atomic E-state index is -0.0270. The molecule has 0 saturated heterocycles. The van der Waals surface area contributed by atoms with Crippen molar-refractivity contribution >= 4 is 11.6 Å². The first-order valence-electron chi connectivity index (χ1n) is 6.55. The molecule has 0 aliphatic rings. The Labute approximate surface area is 114 Å². The highest BCUT2D eigenvalue weighted by Gasteiger charge is 2.14. The second kappa shape index (κ2) is 7.55. The van der Waals surface area contributed by atoms with Crippen LogP contribution in [0.5, 0.6) is 0 Å². The molecule has 1 atom stereocenters. The van der Waals surface area contributed by atoms with Crippen LogP contribution < -0.4 is 11.1 Å². The quantitative estimate of drug-likeness (QED) is 0.823. The molecule has 0 aliphatic heterocycles. The van der Waals surface area contributed by atoms with E-state index in [0.29, 0.717) is 30.1 Å². The molecule has 102 valence electrons. The number of hydrogen-bond donors (Lipinski definition) is 2. The van der Waals surface area contributed by atoms with Crippen LogP contribution in [-0.2, 0) is 4.79 Å². The summed E-state index contributed by atoms with van der Waals surface area (Å²) in [5, 5.41) is 11.5. The first-order chi connectivity index (χ1) is 9.05. The number of rotatable bonds is 6. The minimum Gasteiger partial charge on any atom is -0.330 e. The predicted molar refractivity (Wildman–Crippen MR) is 76.4 cm³/mol. The zero-order valence-corrected chi connectivity index (χ0v) is 11.5. The molecule has 0 heterocycles. The van der Waals surface area contributed by atoms with E-state index in [1.807, 2.05) is 6.07 Å². The summed E-state index contributed by atoms with van der Waals surface area (Å²) in [6, 6.07) is 8.88. The van der Waals surface area contributed by atoms with E-state index in [4.69, 9.17) is 11.0 Å². The minimum absolute atomic E-state index is 0.0270. The Kier molecular flexibility index (Phi) is 6.04. The average Bonchev–Trinajstić information content (AvgIpc) is 2.38. The summed E-state index contributed by atoms with van der Waals surface area (Å²) in [6.45, 7) is 4.78. The summed E-state index contributed by atoms with van der Waals surface area (Å²) in [6.07, 6.45) is 1.39. The Hall–Kier alpha value is -1.86. The highest BCUT2D eigenvalue weighted by Crippen LogP contribution is 2.16. The SMILES string of the molecule is CC(C)CC(CN)CC(=O)Nc1ccc(C#N)cc1. The van der Waals surface area contributed by atoms with E-state index < -0.39 is 0 Å². The smallest absolute Gasteiger partial charge is 0.224 e. The second-order valence-electron chi connectivity index (χ2n) is 5.17. The molecule has 0 radical (unpaired) electrons. The largest absolute Gasteiger partial charge is 0.330 e. The van der Waals surface area contributed by atoms with Gasteiger partial charge in [-0.25, -0.2) is 0 Å². The van der Waals surface area contributed by atoms with Crippen LogP contribution in [0.1, 0.15) is 32.3 Å². The summed E-state index contributed by atoms with van der Waals surface area (Å²) in [5.74, 6) is 0.732. The van der Waals surface area contributed by atoms with E-state index in [0.717, 1.165) is 6.42 Å². The summed E-state index contributed by atoms with van der Waals surface area (Å²) < 4.78 is 0. The van der Waals surface area contributed by atoms with Gasteiger partial charge in [0.1, 0.15) is 0 Å². The molecular formula is C15H21N3O. The van der Waals surface area contributed by atoms with Gasteiger partial charge in [0.2, 0.25) is 5.91 Å². The van der Waals surface area contributed by atoms with Gasteiger partial charge in [-0.2, -0.15) is 5.26 Å². The summed E-state index contributed by atoms with van der Waals surface area (Å²) in [4.78, 5) is 11.9. The molecule has 0 fully saturated rings. The number of anilines is 1. The number of carbonyl (C=O) groups excluding carboxylic acids is 1. The monoisotopic (exact) mass is 259 g/mol. The van der Waals surface area contributed by atoms with Gasteiger partial charge in [-0.1, -0.05) is 13.8 Å². The summed E-state index contributed by atoms with van der Waals surface area (Å²) >= 11 is 0. The molecule has 3 N–H and O–H groups in total. The van der Waals surface area contributed by atoms with Crippen LogP contribution in [0.25, 0.3) is 0 Å². The molecule has 1 unspecified atom stereocenters. The van der Waals surface area contributed by atoms with E-state index in [1.165, 1.54) is 0 Å². The number of nitriles is 1. The molecule has 4 heteroatoms. The van der Waals surface area contributed by atoms with Gasteiger partial charge in [0.05, 0.1) is 11.6 Å². The van der Waals surface area contributed by atoms with Crippen molar-refractivity contribution in [2.75, 3.05) is 11.9 Å². The van der Waals surface area contributed by atoms with E-state index in [1.54, 1.807) is 24.3 Å². The Morgan fingerprint density at radius 2 is 2.00 bits per heavy atom. The fourth-order valence-electron chi connectivity index (χ4n) is 2.03. The fourth-order valence-corrected chi connectivity index (χ4v) is 2.03. The third-order valence-electron chi connectivity index (χ3n) is 2.91. The predicted octanol–water partition coefficient (Wildman–Crippen LogP) is 2.51. The van der Waals surface area contributed by atoms with Gasteiger partial charge in [0.15, 0.2) is 0 Å². The molecule has 1 aromatic carbocycles. The van der Waals surface area contributed by atoms with Crippen molar-refractivity contribution in [3.63, 3.8) is 0 Å². The van der Waals surface area contributed by atoms with E-state index >= 15 is 0 Å². The maximum atomic E-state index is 11.9. The van der Waals surface area contributed by atoms with Crippen molar-refractivity contribution in [3.8, 4) is 6.07 Å². The Morgan fingerprint density at radius 3 is 2.47 bits per heavy atom. The van der Waals surface area contributed by atoms with Gasteiger partial charge in [0, 0.05) is 12.1 Å². The van der Waals surface area contributed by atoms with Crippen LogP contribution in [0.2, 0.25) is 0 Å². The topological polar surface area (TPSA) is 78.9 Å². The fraction of sp³-hybridized carbons (Fsp3) is 0.467. The van der Waals surface area contributed by atoms with Crippen molar-refractivity contribution < 1.29 is 4.79 Å². The zero-order chi connectivity index (χ0) is 14.3. The normalized spacial score (nSPS) is 11.9.